The fraction of sp³-hybridized carbons (Fsp3) is 0.188. The van der Waals surface area contributed by atoms with Gasteiger partial charge >= 0.3 is 0 Å². The van der Waals surface area contributed by atoms with Crippen LogP contribution in [0.2, 0.25) is 0 Å². The lowest BCUT2D eigenvalue weighted by atomic mass is 9.92. The zero-order valence-corrected chi connectivity index (χ0v) is 20.2. The lowest BCUT2D eigenvalue weighted by molar-refractivity contribution is 0.399. The molecule has 1 aliphatic carbocycles. The summed E-state index contributed by atoms with van der Waals surface area (Å²) >= 11 is 0. The molecule has 0 unspecified atom stereocenters. The molecule has 1 saturated carbocycles. The van der Waals surface area contributed by atoms with E-state index in [4.69, 9.17) is 9.98 Å². The van der Waals surface area contributed by atoms with Crippen LogP contribution in [0.15, 0.2) is 107 Å². The molecule has 4 heteroatoms. The second-order valence-electron chi connectivity index (χ2n) is 9.30. The summed E-state index contributed by atoms with van der Waals surface area (Å²) in [5, 5.41) is 20.6. The fourth-order valence-electron chi connectivity index (χ4n) is 4.66. The van der Waals surface area contributed by atoms with E-state index < -0.39 is 0 Å². The molecule has 36 heavy (non-hydrogen) atoms. The third kappa shape index (κ3) is 5.72. The van der Waals surface area contributed by atoms with Gasteiger partial charge in [-0.3, -0.25) is 9.98 Å². The number of hydrogen-bond donors (Lipinski definition) is 2. The summed E-state index contributed by atoms with van der Waals surface area (Å²) in [5.74, 6) is 0.489. The highest BCUT2D eigenvalue weighted by molar-refractivity contribution is 5.87. The van der Waals surface area contributed by atoms with Crippen molar-refractivity contribution in [1.29, 1.82) is 0 Å². The number of phenolic OH excluding ortho intramolecular Hbond substituents is 2. The number of phenols is 2. The van der Waals surface area contributed by atoms with Gasteiger partial charge in [0.15, 0.2) is 0 Å². The number of aromatic hydroxyl groups is 2. The summed E-state index contributed by atoms with van der Waals surface area (Å²) in [6, 6.07) is 32.0. The molecule has 2 N–H and O–H groups in total. The van der Waals surface area contributed by atoms with Gasteiger partial charge in [0.2, 0.25) is 0 Å². The molecular weight excluding hydrogens is 444 g/mol. The molecule has 0 saturated heterocycles. The summed E-state index contributed by atoms with van der Waals surface area (Å²) in [7, 11) is 0. The Morgan fingerprint density at radius 1 is 0.500 bits per heavy atom. The third-order valence-electron chi connectivity index (χ3n) is 6.78. The minimum atomic E-state index is 0.228. The van der Waals surface area contributed by atoms with E-state index in [0.717, 1.165) is 59.1 Å². The summed E-state index contributed by atoms with van der Waals surface area (Å²) in [6.07, 6.45) is 7.43. The molecule has 0 radical (unpaired) electrons. The van der Waals surface area contributed by atoms with Crippen LogP contribution in [-0.4, -0.2) is 34.7 Å². The quantitative estimate of drug-likeness (QED) is 0.288. The van der Waals surface area contributed by atoms with Gasteiger partial charge in [-0.25, -0.2) is 0 Å². The molecule has 1 fully saturated rings. The van der Waals surface area contributed by atoms with Crippen LogP contribution in [0.5, 0.6) is 11.5 Å². The van der Waals surface area contributed by atoms with Crippen molar-refractivity contribution in [2.75, 3.05) is 0 Å². The second kappa shape index (κ2) is 11.0. The van der Waals surface area contributed by atoms with Crippen LogP contribution in [0.3, 0.4) is 0 Å². The van der Waals surface area contributed by atoms with Gasteiger partial charge in [0.05, 0.1) is 12.1 Å². The Kier molecular flexibility index (Phi) is 7.23. The Hall–Kier alpha value is -4.18. The van der Waals surface area contributed by atoms with Gasteiger partial charge in [0.1, 0.15) is 11.5 Å². The van der Waals surface area contributed by atoms with E-state index in [1.54, 1.807) is 12.1 Å². The van der Waals surface area contributed by atoms with Crippen LogP contribution >= 0.6 is 0 Å². The van der Waals surface area contributed by atoms with E-state index in [1.165, 1.54) is 0 Å². The van der Waals surface area contributed by atoms with Crippen LogP contribution in [-0.2, 0) is 0 Å². The van der Waals surface area contributed by atoms with E-state index in [0.29, 0.717) is 0 Å². The summed E-state index contributed by atoms with van der Waals surface area (Å²) < 4.78 is 0. The SMILES string of the molecule is Oc1ccc(-c2ccccc2)cc1C=NC1CCC(N=Cc2cc(-c3ccccc3)ccc2O)CC1. The maximum absolute atomic E-state index is 10.3. The van der Waals surface area contributed by atoms with Gasteiger partial charge in [-0.15, -0.1) is 0 Å². The van der Waals surface area contributed by atoms with Crippen LogP contribution < -0.4 is 0 Å². The summed E-state index contributed by atoms with van der Waals surface area (Å²) in [5.41, 5.74) is 5.84. The first-order chi connectivity index (χ1) is 17.7. The van der Waals surface area contributed by atoms with Crippen molar-refractivity contribution in [2.45, 2.75) is 37.8 Å². The van der Waals surface area contributed by atoms with Crippen molar-refractivity contribution in [3.63, 3.8) is 0 Å². The average molecular weight is 475 g/mol. The molecule has 0 aliphatic heterocycles. The monoisotopic (exact) mass is 474 g/mol. The highest BCUT2D eigenvalue weighted by Gasteiger charge is 2.19. The first kappa shape index (κ1) is 23.6. The molecular formula is C32H30N2O2. The highest BCUT2D eigenvalue weighted by Crippen LogP contribution is 2.28. The average Bonchev–Trinajstić information content (AvgIpc) is 2.94. The number of hydrogen-bond acceptors (Lipinski definition) is 4. The normalized spacial score (nSPS) is 18.1. The number of aliphatic imine (C=N–C) groups is 2. The standard InChI is InChI=1S/C32H30N2O2/c35-31-17-11-25(23-7-3-1-4-8-23)19-27(31)21-33-29-13-15-30(16-14-29)34-22-28-20-26(12-18-32(28)36)24-9-5-2-6-10-24/h1-12,17-22,29-30,35-36H,13-16H2. The predicted octanol–water partition coefficient (Wildman–Crippen LogP) is 7.28. The van der Waals surface area contributed by atoms with E-state index in [9.17, 15) is 10.2 Å². The Balaban J connectivity index is 1.20. The topological polar surface area (TPSA) is 65.2 Å². The fourth-order valence-corrected chi connectivity index (χ4v) is 4.66. The third-order valence-corrected chi connectivity index (χ3v) is 6.78. The predicted molar refractivity (Wildman–Crippen MR) is 148 cm³/mol. The molecule has 4 nitrogen and oxygen atoms in total. The molecule has 0 heterocycles. The molecule has 0 aromatic heterocycles. The summed E-state index contributed by atoms with van der Waals surface area (Å²) in [6.45, 7) is 0. The maximum atomic E-state index is 10.3. The van der Waals surface area contributed by atoms with Crippen molar-refractivity contribution in [3.05, 3.63) is 108 Å². The van der Waals surface area contributed by atoms with E-state index >= 15 is 0 Å². The van der Waals surface area contributed by atoms with Crippen molar-refractivity contribution in [3.8, 4) is 33.8 Å². The van der Waals surface area contributed by atoms with Gasteiger partial charge < -0.3 is 10.2 Å². The van der Waals surface area contributed by atoms with Crippen molar-refractivity contribution in [1.82, 2.24) is 0 Å². The first-order valence-corrected chi connectivity index (χ1v) is 12.5. The smallest absolute Gasteiger partial charge is 0.124 e. The first-order valence-electron chi connectivity index (χ1n) is 12.5. The van der Waals surface area contributed by atoms with Crippen LogP contribution in [0.25, 0.3) is 22.3 Å². The van der Waals surface area contributed by atoms with Crippen LogP contribution in [0.1, 0.15) is 36.8 Å². The van der Waals surface area contributed by atoms with E-state index in [2.05, 4.69) is 24.3 Å². The Morgan fingerprint density at radius 3 is 1.28 bits per heavy atom. The number of benzene rings is 4. The van der Waals surface area contributed by atoms with Gasteiger partial charge in [0, 0.05) is 23.6 Å². The molecule has 180 valence electrons. The molecule has 1 aliphatic rings. The lowest BCUT2D eigenvalue weighted by Gasteiger charge is -2.23. The van der Waals surface area contributed by atoms with Crippen molar-refractivity contribution >= 4 is 12.4 Å². The van der Waals surface area contributed by atoms with Crippen molar-refractivity contribution in [2.24, 2.45) is 9.98 Å². The van der Waals surface area contributed by atoms with Gasteiger partial charge in [-0.2, -0.15) is 0 Å². The second-order valence-corrected chi connectivity index (χ2v) is 9.30. The Bertz CT molecular complexity index is 1250. The minimum absolute atomic E-state index is 0.228. The zero-order chi connectivity index (χ0) is 24.7. The molecule has 0 bridgehead atoms. The Morgan fingerprint density at radius 2 is 0.889 bits per heavy atom. The zero-order valence-electron chi connectivity index (χ0n) is 20.2. The van der Waals surface area contributed by atoms with Gasteiger partial charge in [-0.05, 0) is 72.2 Å². The number of rotatable bonds is 6. The van der Waals surface area contributed by atoms with E-state index in [-0.39, 0.29) is 23.6 Å². The van der Waals surface area contributed by atoms with Gasteiger partial charge in [-0.1, -0.05) is 72.8 Å². The van der Waals surface area contributed by atoms with Crippen LogP contribution in [0, 0.1) is 0 Å². The van der Waals surface area contributed by atoms with E-state index in [1.807, 2.05) is 73.1 Å². The number of nitrogens with zero attached hydrogens (tertiary/aromatic N) is 2. The molecule has 4 aromatic rings. The molecule has 0 atom stereocenters. The molecule has 0 amide bonds. The van der Waals surface area contributed by atoms with Gasteiger partial charge in [0.25, 0.3) is 0 Å². The van der Waals surface area contributed by atoms with Crippen LogP contribution in [0.4, 0.5) is 0 Å². The Labute approximate surface area is 212 Å². The minimum Gasteiger partial charge on any atom is -0.507 e. The molecule has 5 rings (SSSR count). The van der Waals surface area contributed by atoms with Crippen molar-refractivity contribution < 1.29 is 10.2 Å². The summed E-state index contributed by atoms with van der Waals surface area (Å²) in [4.78, 5) is 9.57. The largest absolute Gasteiger partial charge is 0.507 e. The highest BCUT2D eigenvalue weighted by atomic mass is 16.3. The lowest BCUT2D eigenvalue weighted by Crippen LogP contribution is -2.20. The maximum Gasteiger partial charge on any atom is 0.124 e. The molecule has 0 spiro atoms. The molecule has 4 aromatic carbocycles.